The molecule has 0 unspecified atom stereocenters. The molecule has 1 amide bonds. The van der Waals surface area contributed by atoms with Crippen LogP contribution in [0.5, 0.6) is 0 Å². The van der Waals surface area contributed by atoms with E-state index in [9.17, 15) is 9.18 Å². The van der Waals surface area contributed by atoms with Gasteiger partial charge < -0.3 is 4.90 Å². The largest absolute Gasteiger partial charge is 0.302 e. The van der Waals surface area contributed by atoms with E-state index in [2.05, 4.69) is 22.6 Å². The molecule has 1 aromatic carbocycles. The molecule has 0 fully saturated rings. The fraction of sp³-hybridized carbons (Fsp3) is 0.0556. The van der Waals surface area contributed by atoms with E-state index in [0.29, 0.717) is 16.3 Å². The molecule has 0 radical (unpaired) electrons. The monoisotopic (exact) mass is 339 g/mol. The van der Waals surface area contributed by atoms with Crippen LogP contribution in [0.3, 0.4) is 0 Å². The maximum atomic E-state index is 13.2. The van der Waals surface area contributed by atoms with Crippen LogP contribution in [0.15, 0.2) is 72.0 Å². The van der Waals surface area contributed by atoms with Crippen molar-refractivity contribution in [1.82, 2.24) is 9.97 Å². The molecule has 0 saturated heterocycles. The number of nitrogens with zero attached hydrogens (tertiary/aromatic N) is 3. The smallest absolute Gasteiger partial charge is 0.260 e. The van der Waals surface area contributed by atoms with Crippen molar-refractivity contribution < 1.29 is 9.18 Å². The van der Waals surface area contributed by atoms with E-state index >= 15 is 0 Å². The van der Waals surface area contributed by atoms with Crippen LogP contribution in [0.1, 0.15) is 16.1 Å². The van der Waals surface area contributed by atoms with E-state index in [4.69, 9.17) is 0 Å². The van der Waals surface area contributed by atoms with Gasteiger partial charge >= 0.3 is 0 Å². The Bertz CT molecular complexity index is 823. The van der Waals surface area contributed by atoms with Gasteiger partial charge in [-0.25, -0.2) is 9.37 Å². The van der Waals surface area contributed by atoms with Gasteiger partial charge in [-0.1, -0.05) is 6.07 Å². The van der Waals surface area contributed by atoms with Crippen LogP contribution in [0, 0.1) is 5.82 Å². The molecule has 2 aromatic heterocycles. The molecule has 0 atom stereocenters. The number of anilines is 1. The number of pyridine rings is 2. The van der Waals surface area contributed by atoms with E-state index < -0.39 is 0 Å². The van der Waals surface area contributed by atoms with Crippen molar-refractivity contribution in [2.75, 3.05) is 4.90 Å². The van der Waals surface area contributed by atoms with Gasteiger partial charge in [0.1, 0.15) is 5.82 Å². The normalized spacial score (nSPS) is 10.4. The lowest BCUT2D eigenvalue weighted by molar-refractivity contribution is 0.0984. The van der Waals surface area contributed by atoms with Gasteiger partial charge in [0.2, 0.25) is 0 Å². The SMILES string of the molecule is O=C(c1ccc(S)nc1)N(Cc1ccccn1)c1ccc(F)cc1. The van der Waals surface area contributed by atoms with Gasteiger partial charge in [0.05, 0.1) is 22.8 Å². The zero-order chi connectivity index (χ0) is 16.9. The van der Waals surface area contributed by atoms with Crippen molar-refractivity contribution in [3.63, 3.8) is 0 Å². The number of carbonyl (C=O) groups excluding carboxylic acids is 1. The molecule has 0 bridgehead atoms. The maximum absolute atomic E-state index is 13.2. The van der Waals surface area contributed by atoms with Crippen LogP contribution in [-0.2, 0) is 6.54 Å². The Kier molecular flexibility index (Phi) is 4.86. The number of carbonyl (C=O) groups is 1. The van der Waals surface area contributed by atoms with Gasteiger partial charge in [-0.15, -0.1) is 12.6 Å². The topological polar surface area (TPSA) is 46.1 Å². The summed E-state index contributed by atoms with van der Waals surface area (Å²) in [6.07, 6.45) is 3.14. The number of benzene rings is 1. The van der Waals surface area contributed by atoms with Crippen LogP contribution in [0.25, 0.3) is 0 Å². The number of amides is 1. The Balaban J connectivity index is 1.96. The van der Waals surface area contributed by atoms with Crippen molar-refractivity contribution in [1.29, 1.82) is 0 Å². The highest BCUT2D eigenvalue weighted by Gasteiger charge is 2.19. The van der Waals surface area contributed by atoms with E-state index in [-0.39, 0.29) is 18.3 Å². The Hall–Kier alpha value is -2.73. The summed E-state index contributed by atoms with van der Waals surface area (Å²) in [5.41, 5.74) is 1.74. The second-order valence-corrected chi connectivity index (χ2v) is 5.55. The third kappa shape index (κ3) is 3.78. The quantitative estimate of drug-likeness (QED) is 0.736. The molecular formula is C18H14FN3OS. The summed E-state index contributed by atoms with van der Waals surface area (Å²) in [4.78, 5) is 22.7. The predicted molar refractivity (Wildman–Crippen MR) is 92.6 cm³/mol. The van der Waals surface area contributed by atoms with Crippen molar-refractivity contribution in [3.05, 3.63) is 84.1 Å². The Morgan fingerprint density at radius 2 is 1.83 bits per heavy atom. The standard InChI is InChI=1S/C18H14FN3OS/c19-14-5-7-16(8-6-14)22(12-15-3-1-2-10-20-15)18(23)13-4-9-17(24)21-11-13/h1-11H,12H2,(H,21,24). The van der Waals surface area contributed by atoms with Gasteiger partial charge in [-0.05, 0) is 48.5 Å². The molecule has 0 aliphatic carbocycles. The second-order valence-electron chi connectivity index (χ2n) is 5.09. The Morgan fingerprint density at radius 1 is 1.04 bits per heavy atom. The highest BCUT2D eigenvalue weighted by atomic mass is 32.1. The van der Waals surface area contributed by atoms with Crippen molar-refractivity contribution in [2.45, 2.75) is 11.6 Å². The molecule has 0 aliphatic rings. The lowest BCUT2D eigenvalue weighted by atomic mass is 10.2. The summed E-state index contributed by atoms with van der Waals surface area (Å²) in [7, 11) is 0. The van der Waals surface area contributed by atoms with E-state index in [0.717, 1.165) is 5.69 Å². The molecule has 3 rings (SSSR count). The first-order chi connectivity index (χ1) is 11.6. The van der Waals surface area contributed by atoms with Gasteiger partial charge in [0, 0.05) is 18.1 Å². The van der Waals surface area contributed by atoms with E-state index in [1.54, 1.807) is 30.5 Å². The molecule has 24 heavy (non-hydrogen) atoms. The third-order valence-corrected chi connectivity index (χ3v) is 3.69. The molecule has 2 heterocycles. The van der Waals surface area contributed by atoms with Crippen molar-refractivity contribution in [3.8, 4) is 0 Å². The fourth-order valence-electron chi connectivity index (χ4n) is 2.22. The summed E-state index contributed by atoms with van der Waals surface area (Å²) in [5.74, 6) is -0.599. The first-order valence-electron chi connectivity index (χ1n) is 7.26. The number of rotatable bonds is 4. The zero-order valence-corrected chi connectivity index (χ0v) is 13.5. The second kappa shape index (κ2) is 7.23. The number of halogens is 1. The highest BCUT2D eigenvalue weighted by Crippen LogP contribution is 2.20. The van der Waals surface area contributed by atoms with E-state index in [1.165, 1.54) is 23.2 Å². The van der Waals surface area contributed by atoms with Gasteiger partial charge in [0.25, 0.3) is 5.91 Å². The van der Waals surface area contributed by atoms with E-state index in [1.807, 2.05) is 18.2 Å². The zero-order valence-electron chi connectivity index (χ0n) is 12.6. The van der Waals surface area contributed by atoms with Crippen molar-refractivity contribution >= 4 is 24.2 Å². The maximum Gasteiger partial charge on any atom is 0.260 e. The van der Waals surface area contributed by atoms with Crippen LogP contribution in [0.4, 0.5) is 10.1 Å². The molecule has 0 saturated carbocycles. The number of thiol groups is 1. The number of hydrogen-bond acceptors (Lipinski definition) is 4. The highest BCUT2D eigenvalue weighted by molar-refractivity contribution is 7.80. The summed E-state index contributed by atoms with van der Waals surface area (Å²) < 4.78 is 13.2. The average molecular weight is 339 g/mol. The Morgan fingerprint density at radius 3 is 2.46 bits per heavy atom. The van der Waals surface area contributed by atoms with Crippen LogP contribution < -0.4 is 4.90 Å². The van der Waals surface area contributed by atoms with Gasteiger partial charge in [0.15, 0.2) is 0 Å². The minimum atomic E-state index is -0.356. The van der Waals surface area contributed by atoms with Crippen LogP contribution in [0.2, 0.25) is 0 Å². The van der Waals surface area contributed by atoms with Crippen LogP contribution >= 0.6 is 12.6 Å². The molecule has 3 aromatic rings. The summed E-state index contributed by atoms with van der Waals surface area (Å²) >= 11 is 4.13. The first-order valence-corrected chi connectivity index (χ1v) is 7.70. The Labute approximate surface area is 144 Å². The molecular weight excluding hydrogens is 325 g/mol. The average Bonchev–Trinajstić information content (AvgIpc) is 2.62. The summed E-state index contributed by atoms with van der Waals surface area (Å²) in [6, 6.07) is 14.6. The predicted octanol–water partition coefficient (Wildman–Crippen LogP) is 3.75. The lowest BCUT2D eigenvalue weighted by Crippen LogP contribution is -2.30. The minimum absolute atomic E-state index is 0.243. The van der Waals surface area contributed by atoms with Crippen LogP contribution in [-0.4, -0.2) is 15.9 Å². The minimum Gasteiger partial charge on any atom is -0.302 e. The first kappa shape index (κ1) is 16.1. The molecule has 0 N–H and O–H groups in total. The molecule has 0 spiro atoms. The van der Waals surface area contributed by atoms with Gasteiger partial charge in [-0.2, -0.15) is 0 Å². The number of hydrogen-bond donors (Lipinski definition) is 1. The molecule has 4 nitrogen and oxygen atoms in total. The van der Waals surface area contributed by atoms with Gasteiger partial charge in [-0.3, -0.25) is 9.78 Å². The van der Waals surface area contributed by atoms with Crippen molar-refractivity contribution in [2.24, 2.45) is 0 Å². The molecule has 6 heteroatoms. The fourth-order valence-corrected chi connectivity index (χ4v) is 2.36. The molecule has 120 valence electrons. The summed E-state index contributed by atoms with van der Waals surface area (Å²) in [6.45, 7) is 0.272. The summed E-state index contributed by atoms with van der Waals surface area (Å²) in [5, 5.41) is 0.532. The third-order valence-electron chi connectivity index (χ3n) is 3.42. The lowest BCUT2D eigenvalue weighted by Gasteiger charge is -2.22. The molecule has 0 aliphatic heterocycles. The number of aromatic nitrogens is 2.